The molecular weight excluding hydrogens is 336 g/mol. The fourth-order valence-corrected chi connectivity index (χ4v) is 5.17. The number of hydrogen-bond acceptors (Lipinski definition) is 4. The molecule has 7 heteroatoms. The second-order valence-electron chi connectivity index (χ2n) is 4.45. The van der Waals surface area contributed by atoms with Crippen LogP contribution in [0.2, 0.25) is 0 Å². The third-order valence-electron chi connectivity index (χ3n) is 2.61. The number of hydrogen-bond donors (Lipinski definition) is 0. The van der Waals surface area contributed by atoms with Gasteiger partial charge < -0.3 is 4.90 Å². The normalized spacial score (nSPS) is 12.6. The first kappa shape index (κ1) is 16.1. The monoisotopic (exact) mass is 354 g/mol. The fraction of sp³-hybridized carbons (Fsp3) is 0.636. The Bertz CT molecular complexity index is 497. The van der Waals surface area contributed by atoms with E-state index in [1.165, 1.54) is 15.6 Å². The Kier molecular flexibility index (Phi) is 5.79. The summed E-state index contributed by atoms with van der Waals surface area (Å²) in [5.41, 5.74) is 0. The van der Waals surface area contributed by atoms with E-state index in [1.54, 1.807) is 13.1 Å². The third-order valence-corrected chi connectivity index (χ3v) is 6.27. The zero-order chi connectivity index (χ0) is 13.9. The van der Waals surface area contributed by atoms with Gasteiger partial charge in [-0.3, -0.25) is 0 Å². The minimum absolute atomic E-state index is 0.409. The second kappa shape index (κ2) is 6.47. The number of halogens is 1. The molecule has 0 aliphatic carbocycles. The van der Waals surface area contributed by atoms with Gasteiger partial charge in [0.25, 0.3) is 0 Å². The Balaban J connectivity index is 2.77. The topological polar surface area (TPSA) is 40.6 Å². The molecule has 0 aliphatic heterocycles. The molecule has 0 saturated carbocycles. The van der Waals surface area contributed by atoms with Gasteiger partial charge in [-0.25, -0.2) is 12.7 Å². The smallest absolute Gasteiger partial charge is 0.243 e. The van der Waals surface area contributed by atoms with Gasteiger partial charge in [-0.2, -0.15) is 0 Å². The van der Waals surface area contributed by atoms with Crippen molar-refractivity contribution in [2.75, 3.05) is 34.2 Å². The third kappa shape index (κ3) is 4.03. The van der Waals surface area contributed by atoms with Crippen LogP contribution in [0.4, 0.5) is 0 Å². The molecule has 0 spiro atoms. The largest absolute Gasteiger partial charge is 0.309 e. The van der Waals surface area contributed by atoms with Crippen molar-refractivity contribution in [2.45, 2.75) is 18.2 Å². The van der Waals surface area contributed by atoms with Crippen LogP contribution in [0, 0.1) is 6.92 Å². The van der Waals surface area contributed by atoms with Crippen LogP contribution in [0.15, 0.2) is 14.7 Å². The van der Waals surface area contributed by atoms with Crippen LogP contribution in [0.3, 0.4) is 0 Å². The van der Waals surface area contributed by atoms with Crippen molar-refractivity contribution in [1.29, 1.82) is 0 Å². The molecule has 0 unspecified atom stereocenters. The van der Waals surface area contributed by atoms with Crippen molar-refractivity contribution < 1.29 is 8.42 Å². The van der Waals surface area contributed by atoms with Crippen LogP contribution in [0.5, 0.6) is 0 Å². The fourth-order valence-electron chi connectivity index (χ4n) is 1.58. The zero-order valence-corrected chi connectivity index (χ0v) is 14.3. The number of rotatable bonds is 6. The minimum atomic E-state index is -3.35. The van der Waals surface area contributed by atoms with Gasteiger partial charge in [0, 0.05) is 18.5 Å². The van der Waals surface area contributed by atoms with Gasteiger partial charge in [-0.05, 0) is 56.0 Å². The molecule has 0 fully saturated rings. The summed E-state index contributed by atoms with van der Waals surface area (Å²) in [4.78, 5) is 3.28. The molecule has 0 bridgehead atoms. The average Bonchev–Trinajstić information content (AvgIpc) is 2.57. The van der Waals surface area contributed by atoms with Crippen LogP contribution in [-0.2, 0) is 10.0 Å². The highest BCUT2D eigenvalue weighted by Gasteiger charge is 2.24. The van der Waals surface area contributed by atoms with Crippen molar-refractivity contribution in [3.8, 4) is 0 Å². The molecule has 104 valence electrons. The number of aryl methyl sites for hydroxylation is 1. The van der Waals surface area contributed by atoms with Crippen LogP contribution >= 0.6 is 27.3 Å². The molecular formula is C11H19BrN2O2S2. The van der Waals surface area contributed by atoms with Crippen LogP contribution in [0.25, 0.3) is 0 Å². The van der Waals surface area contributed by atoms with Crippen molar-refractivity contribution in [3.63, 3.8) is 0 Å². The van der Waals surface area contributed by atoms with E-state index < -0.39 is 10.0 Å². The van der Waals surface area contributed by atoms with Gasteiger partial charge in [0.1, 0.15) is 0 Å². The van der Waals surface area contributed by atoms with Crippen LogP contribution in [0.1, 0.15) is 11.3 Å². The maximum Gasteiger partial charge on any atom is 0.243 e. The zero-order valence-electron chi connectivity index (χ0n) is 11.1. The van der Waals surface area contributed by atoms with Gasteiger partial charge in [-0.1, -0.05) is 0 Å². The molecule has 0 amide bonds. The van der Waals surface area contributed by atoms with E-state index in [-0.39, 0.29) is 0 Å². The summed E-state index contributed by atoms with van der Waals surface area (Å²) in [6.07, 6.45) is 0.826. The summed E-state index contributed by atoms with van der Waals surface area (Å²) >= 11 is 4.77. The molecule has 0 saturated heterocycles. The van der Waals surface area contributed by atoms with Gasteiger partial charge in [0.2, 0.25) is 10.0 Å². The summed E-state index contributed by atoms with van der Waals surface area (Å²) in [7, 11) is 2.24. The maximum atomic E-state index is 12.3. The summed E-state index contributed by atoms with van der Waals surface area (Å²) in [5.74, 6) is 0. The Morgan fingerprint density at radius 1 is 1.28 bits per heavy atom. The molecule has 1 heterocycles. The van der Waals surface area contributed by atoms with Gasteiger partial charge in [0.15, 0.2) is 0 Å². The quantitative estimate of drug-likeness (QED) is 0.787. The minimum Gasteiger partial charge on any atom is -0.309 e. The van der Waals surface area contributed by atoms with Gasteiger partial charge >= 0.3 is 0 Å². The van der Waals surface area contributed by atoms with Crippen molar-refractivity contribution in [2.24, 2.45) is 0 Å². The van der Waals surface area contributed by atoms with E-state index in [0.717, 1.165) is 21.6 Å². The molecule has 0 aromatic carbocycles. The number of thiophene rings is 1. The molecule has 1 aromatic rings. The highest BCUT2D eigenvalue weighted by Crippen LogP contribution is 2.31. The Labute approximate surface area is 122 Å². The first-order valence-electron chi connectivity index (χ1n) is 5.62. The van der Waals surface area contributed by atoms with Crippen molar-refractivity contribution in [3.05, 3.63) is 14.7 Å². The lowest BCUT2D eigenvalue weighted by Crippen LogP contribution is -2.30. The van der Waals surface area contributed by atoms with Crippen molar-refractivity contribution in [1.82, 2.24) is 9.21 Å². The van der Waals surface area contributed by atoms with Crippen LogP contribution < -0.4 is 0 Å². The molecule has 18 heavy (non-hydrogen) atoms. The Morgan fingerprint density at radius 3 is 2.33 bits per heavy atom. The number of sulfonamides is 1. The molecule has 4 nitrogen and oxygen atoms in total. The molecule has 0 N–H and O–H groups in total. The molecule has 1 aromatic heterocycles. The highest BCUT2D eigenvalue weighted by atomic mass is 79.9. The number of nitrogens with zero attached hydrogens (tertiary/aromatic N) is 2. The highest BCUT2D eigenvalue weighted by molar-refractivity contribution is 9.11. The lowest BCUT2D eigenvalue weighted by molar-refractivity contribution is 0.370. The first-order valence-corrected chi connectivity index (χ1v) is 8.67. The lowest BCUT2D eigenvalue weighted by atomic mass is 10.4. The van der Waals surface area contributed by atoms with E-state index in [1.807, 2.05) is 25.9 Å². The predicted molar refractivity (Wildman–Crippen MR) is 79.7 cm³/mol. The van der Waals surface area contributed by atoms with E-state index in [9.17, 15) is 8.42 Å². The van der Waals surface area contributed by atoms with Gasteiger partial charge in [0.05, 0.1) is 8.68 Å². The first-order chi connectivity index (χ1) is 8.25. The Hall–Kier alpha value is 0.0500. The predicted octanol–water partition coefficient (Wildman–Crippen LogP) is 2.39. The van der Waals surface area contributed by atoms with E-state index in [0.29, 0.717) is 11.4 Å². The average molecular weight is 355 g/mol. The molecule has 0 radical (unpaired) electrons. The van der Waals surface area contributed by atoms with Crippen molar-refractivity contribution >= 4 is 37.3 Å². The molecule has 0 atom stereocenters. The maximum absolute atomic E-state index is 12.3. The SMILES string of the molecule is Cc1sc(Br)cc1S(=O)(=O)N(C)CCCN(C)C. The second-order valence-corrected chi connectivity index (χ2v) is 9.10. The molecule has 1 rings (SSSR count). The van der Waals surface area contributed by atoms with Crippen LogP contribution in [-0.4, -0.2) is 51.9 Å². The summed E-state index contributed by atoms with van der Waals surface area (Å²) < 4.78 is 27.0. The van der Waals surface area contributed by atoms with Gasteiger partial charge in [-0.15, -0.1) is 11.3 Å². The van der Waals surface area contributed by atoms with E-state index >= 15 is 0 Å². The standard InChI is InChI=1S/C11H19BrN2O2S2/c1-9-10(8-11(12)17-9)18(15,16)14(4)7-5-6-13(2)3/h8H,5-7H2,1-4H3. The summed E-state index contributed by atoms with van der Waals surface area (Å²) in [6.45, 7) is 3.25. The Morgan fingerprint density at radius 2 is 1.89 bits per heavy atom. The molecule has 0 aliphatic rings. The lowest BCUT2D eigenvalue weighted by Gasteiger charge is -2.18. The summed E-state index contributed by atoms with van der Waals surface area (Å²) in [6, 6.07) is 1.68. The van der Waals surface area contributed by atoms with E-state index in [2.05, 4.69) is 15.9 Å². The summed E-state index contributed by atoms with van der Waals surface area (Å²) in [5, 5.41) is 0. The van der Waals surface area contributed by atoms with E-state index in [4.69, 9.17) is 0 Å².